The van der Waals surface area contributed by atoms with Gasteiger partial charge in [0.15, 0.2) is 5.75 Å². The second kappa shape index (κ2) is 3.20. The molecular weight excluding hydrogens is 207 g/mol. The highest BCUT2D eigenvalue weighted by atomic mass is 32.1. The summed E-state index contributed by atoms with van der Waals surface area (Å²) >= 11 is 5.57. The Hall–Kier alpha value is -0.740. The molecule has 13 heavy (non-hydrogen) atoms. The molecule has 1 nitrogen and oxygen atoms in total. The maximum Gasteiger partial charge on any atom is 0.152 e. The minimum atomic E-state index is -0.342. The van der Waals surface area contributed by atoms with Crippen LogP contribution in [0, 0.1) is 5.82 Å². The van der Waals surface area contributed by atoms with Crippen LogP contribution in [-0.2, 0) is 0 Å². The van der Waals surface area contributed by atoms with Gasteiger partial charge in [0.2, 0.25) is 0 Å². The first kappa shape index (κ1) is 8.84. The van der Waals surface area contributed by atoms with E-state index in [4.69, 9.17) is 4.74 Å². The molecule has 0 aliphatic rings. The summed E-state index contributed by atoms with van der Waals surface area (Å²) < 4.78 is 19.3. The zero-order valence-electron chi connectivity index (χ0n) is 6.87. The third kappa shape index (κ3) is 1.30. The van der Waals surface area contributed by atoms with Gasteiger partial charge in [-0.3, -0.25) is 0 Å². The summed E-state index contributed by atoms with van der Waals surface area (Å²) in [7, 11) is 1.52. The summed E-state index contributed by atoms with van der Waals surface area (Å²) in [4.78, 5) is 0.275. The lowest BCUT2D eigenvalue weighted by atomic mass is 10.2. The van der Waals surface area contributed by atoms with E-state index in [1.807, 2.05) is 11.4 Å². The van der Waals surface area contributed by atoms with Crippen molar-refractivity contribution in [2.75, 3.05) is 7.11 Å². The molecule has 2 rings (SSSR count). The van der Waals surface area contributed by atoms with Crippen LogP contribution in [0.3, 0.4) is 0 Å². The zero-order valence-corrected chi connectivity index (χ0v) is 8.58. The minimum Gasteiger partial charge on any atom is -0.494 e. The molecule has 1 aromatic heterocycles. The summed E-state index contributed by atoms with van der Waals surface area (Å²) in [6.45, 7) is 0. The lowest BCUT2D eigenvalue weighted by Gasteiger charge is -2.05. The van der Waals surface area contributed by atoms with Crippen molar-refractivity contribution in [2.24, 2.45) is 0 Å². The fraction of sp³-hybridized carbons (Fsp3) is 0.111. The van der Waals surface area contributed by atoms with Gasteiger partial charge in [-0.15, -0.1) is 24.0 Å². The maximum absolute atomic E-state index is 13.2. The highest BCUT2D eigenvalue weighted by Gasteiger charge is 2.11. The quantitative estimate of drug-likeness (QED) is 0.716. The molecule has 0 aliphatic heterocycles. The Labute approximate surface area is 84.6 Å². The number of methoxy groups -OCH3 is 1. The molecule has 4 heteroatoms. The maximum atomic E-state index is 13.2. The molecule has 0 spiro atoms. The van der Waals surface area contributed by atoms with Crippen LogP contribution in [0.5, 0.6) is 5.75 Å². The van der Waals surface area contributed by atoms with Gasteiger partial charge in [-0.25, -0.2) is 4.39 Å². The van der Waals surface area contributed by atoms with Gasteiger partial charge in [-0.2, -0.15) is 0 Å². The fourth-order valence-electron chi connectivity index (χ4n) is 1.23. The Bertz CT molecular complexity index is 450. The number of halogens is 1. The van der Waals surface area contributed by atoms with Gasteiger partial charge in [-0.1, -0.05) is 0 Å². The molecule has 0 atom stereocenters. The highest BCUT2D eigenvalue weighted by Crippen LogP contribution is 2.37. The topological polar surface area (TPSA) is 9.23 Å². The van der Waals surface area contributed by atoms with E-state index < -0.39 is 0 Å². The van der Waals surface area contributed by atoms with Gasteiger partial charge in [0, 0.05) is 0 Å². The van der Waals surface area contributed by atoms with Crippen LogP contribution in [0.15, 0.2) is 22.4 Å². The number of fused-ring (bicyclic) bond motifs is 1. The van der Waals surface area contributed by atoms with Crippen LogP contribution in [0.2, 0.25) is 0 Å². The largest absolute Gasteiger partial charge is 0.494 e. The molecule has 1 aromatic carbocycles. The summed E-state index contributed by atoms with van der Waals surface area (Å²) in [5.74, 6) is 0.180. The lowest BCUT2D eigenvalue weighted by molar-refractivity contribution is 0.404. The van der Waals surface area contributed by atoms with Crippen molar-refractivity contribution in [1.29, 1.82) is 0 Å². The molecule has 0 bridgehead atoms. The summed E-state index contributed by atoms with van der Waals surface area (Å²) in [5, 5.41) is 2.76. The first-order chi connectivity index (χ1) is 6.24. The molecule has 0 N–H and O–H groups in total. The smallest absolute Gasteiger partial charge is 0.152 e. The third-order valence-corrected chi connectivity index (χ3v) is 3.18. The first-order valence-electron chi connectivity index (χ1n) is 3.66. The number of thiophene rings is 1. The van der Waals surface area contributed by atoms with Crippen LogP contribution in [0.25, 0.3) is 10.1 Å². The molecule has 0 fully saturated rings. The van der Waals surface area contributed by atoms with E-state index in [-0.39, 0.29) is 10.7 Å². The zero-order chi connectivity index (χ0) is 9.42. The molecule has 0 amide bonds. The van der Waals surface area contributed by atoms with Crippen LogP contribution >= 0.6 is 24.0 Å². The van der Waals surface area contributed by atoms with Crippen molar-refractivity contribution in [3.05, 3.63) is 23.3 Å². The minimum absolute atomic E-state index is 0.275. The molecule has 2 aromatic rings. The number of thiol groups is 1. The van der Waals surface area contributed by atoms with Crippen molar-refractivity contribution in [1.82, 2.24) is 0 Å². The van der Waals surface area contributed by atoms with E-state index >= 15 is 0 Å². The van der Waals surface area contributed by atoms with Crippen molar-refractivity contribution in [2.45, 2.75) is 4.90 Å². The Kier molecular flexibility index (Phi) is 2.17. The second-order valence-corrected chi connectivity index (χ2v) is 3.94. The van der Waals surface area contributed by atoms with E-state index in [0.29, 0.717) is 5.75 Å². The predicted molar refractivity (Wildman–Crippen MR) is 55.6 cm³/mol. The molecule has 1 heterocycles. The first-order valence-corrected chi connectivity index (χ1v) is 4.99. The van der Waals surface area contributed by atoms with Gasteiger partial charge >= 0.3 is 0 Å². The van der Waals surface area contributed by atoms with Gasteiger partial charge < -0.3 is 4.74 Å². The van der Waals surface area contributed by atoms with E-state index in [9.17, 15) is 4.39 Å². The lowest BCUT2D eigenvalue weighted by Crippen LogP contribution is -1.87. The van der Waals surface area contributed by atoms with Crippen molar-refractivity contribution < 1.29 is 9.13 Å². The SMILES string of the molecule is COc1c(S)c(F)cc2ccsc12. The average molecular weight is 214 g/mol. The molecule has 0 aliphatic carbocycles. The van der Waals surface area contributed by atoms with Gasteiger partial charge in [-0.05, 0) is 22.9 Å². The standard InChI is InChI=1S/C9H7FOS2/c1-11-7-8(12)6(10)4-5-2-3-13-9(5)7/h2-4,12H,1H3. The van der Waals surface area contributed by atoms with Gasteiger partial charge in [0.05, 0.1) is 16.7 Å². The van der Waals surface area contributed by atoms with Crippen molar-refractivity contribution in [3.8, 4) is 5.75 Å². The fourth-order valence-corrected chi connectivity index (χ4v) is 2.48. The predicted octanol–water partition coefficient (Wildman–Crippen LogP) is 3.34. The second-order valence-electron chi connectivity index (χ2n) is 2.58. The van der Waals surface area contributed by atoms with Crippen molar-refractivity contribution >= 4 is 34.1 Å². The number of hydrogen-bond acceptors (Lipinski definition) is 3. The van der Waals surface area contributed by atoms with E-state index in [0.717, 1.165) is 10.1 Å². The van der Waals surface area contributed by atoms with Crippen molar-refractivity contribution in [3.63, 3.8) is 0 Å². The Balaban J connectivity index is 2.87. The Morgan fingerprint density at radius 3 is 3.00 bits per heavy atom. The number of ether oxygens (including phenoxy) is 1. The molecule has 0 unspecified atom stereocenters. The van der Waals surface area contributed by atoms with E-state index in [2.05, 4.69) is 12.6 Å². The third-order valence-electron chi connectivity index (χ3n) is 1.83. The van der Waals surface area contributed by atoms with Gasteiger partial charge in [0.1, 0.15) is 5.82 Å². The molecule has 0 saturated carbocycles. The monoisotopic (exact) mass is 214 g/mol. The number of benzene rings is 1. The van der Waals surface area contributed by atoms with Crippen LogP contribution in [-0.4, -0.2) is 7.11 Å². The molecule has 68 valence electrons. The highest BCUT2D eigenvalue weighted by molar-refractivity contribution is 7.80. The molecule has 0 radical (unpaired) electrons. The average Bonchev–Trinajstić information content (AvgIpc) is 2.54. The van der Waals surface area contributed by atoms with Crippen LogP contribution < -0.4 is 4.74 Å². The summed E-state index contributed by atoms with van der Waals surface area (Å²) in [5.41, 5.74) is 0. The molecule has 0 saturated heterocycles. The number of rotatable bonds is 1. The molecular formula is C9H7FOS2. The van der Waals surface area contributed by atoms with Crippen LogP contribution in [0.1, 0.15) is 0 Å². The summed E-state index contributed by atoms with van der Waals surface area (Å²) in [6.07, 6.45) is 0. The van der Waals surface area contributed by atoms with Gasteiger partial charge in [0.25, 0.3) is 0 Å². The van der Waals surface area contributed by atoms with E-state index in [1.54, 1.807) is 0 Å². The Morgan fingerprint density at radius 2 is 2.31 bits per heavy atom. The summed E-state index contributed by atoms with van der Waals surface area (Å²) in [6, 6.07) is 3.33. The van der Waals surface area contributed by atoms with Crippen LogP contribution in [0.4, 0.5) is 4.39 Å². The van der Waals surface area contributed by atoms with E-state index in [1.165, 1.54) is 24.5 Å². The normalized spacial score (nSPS) is 10.7. The Morgan fingerprint density at radius 1 is 1.54 bits per heavy atom. The number of hydrogen-bond donors (Lipinski definition) is 1.